The molecular formula is C15H20N2O3S. The highest BCUT2D eigenvalue weighted by atomic mass is 32.2. The zero-order valence-electron chi connectivity index (χ0n) is 12.1. The van der Waals surface area contributed by atoms with Gasteiger partial charge < -0.3 is 4.90 Å². The highest BCUT2D eigenvalue weighted by molar-refractivity contribution is 7.90. The van der Waals surface area contributed by atoms with Crippen molar-refractivity contribution in [1.29, 1.82) is 0 Å². The van der Waals surface area contributed by atoms with Crippen molar-refractivity contribution < 1.29 is 13.2 Å². The smallest absolute Gasteiger partial charge is 0.241 e. The third-order valence-electron chi connectivity index (χ3n) is 4.06. The fraction of sp³-hybridized carbons (Fsp3) is 0.533. The minimum atomic E-state index is -3.30. The summed E-state index contributed by atoms with van der Waals surface area (Å²) in [5.41, 5.74) is 2.25. The number of benzene rings is 1. The van der Waals surface area contributed by atoms with E-state index in [0.717, 1.165) is 5.56 Å². The molecule has 1 aliphatic heterocycles. The Bertz CT molecular complexity index is 635. The molecule has 1 saturated carbocycles. The molecule has 1 N–H and O–H groups in total. The van der Waals surface area contributed by atoms with Crippen molar-refractivity contribution in [2.75, 3.05) is 6.54 Å². The Morgan fingerprint density at radius 2 is 1.86 bits per heavy atom. The number of likely N-dealkylation sites (tertiary alicyclic amines) is 1. The van der Waals surface area contributed by atoms with Crippen LogP contribution in [0, 0.1) is 6.92 Å². The third kappa shape index (κ3) is 3.27. The average Bonchev–Trinajstić information content (AvgIpc) is 3.24. The van der Waals surface area contributed by atoms with Crippen LogP contribution in [-0.2, 0) is 21.4 Å². The SMILES string of the molecule is Cc1ccc(CN2CC[C@H](NS(=O)(=O)C3CC3)C2=O)cc1. The summed E-state index contributed by atoms with van der Waals surface area (Å²) in [4.78, 5) is 14.0. The van der Waals surface area contributed by atoms with Crippen LogP contribution in [0.15, 0.2) is 24.3 Å². The maximum absolute atomic E-state index is 12.3. The highest BCUT2D eigenvalue weighted by Gasteiger charge is 2.41. The van der Waals surface area contributed by atoms with E-state index in [-0.39, 0.29) is 11.2 Å². The Morgan fingerprint density at radius 1 is 1.19 bits per heavy atom. The second kappa shape index (κ2) is 5.42. The molecular weight excluding hydrogens is 288 g/mol. The van der Waals surface area contributed by atoms with Crippen LogP contribution in [0.2, 0.25) is 0 Å². The van der Waals surface area contributed by atoms with Gasteiger partial charge in [-0.1, -0.05) is 29.8 Å². The van der Waals surface area contributed by atoms with Crippen molar-refractivity contribution in [1.82, 2.24) is 9.62 Å². The normalized spacial score (nSPS) is 22.8. The first-order chi connectivity index (χ1) is 9.95. The zero-order chi connectivity index (χ0) is 15.0. The van der Waals surface area contributed by atoms with Crippen LogP contribution in [0.1, 0.15) is 30.4 Å². The van der Waals surface area contributed by atoms with Gasteiger partial charge in [-0.05, 0) is 31.7 Å². The topological polar surface area (TPSA) is 66.5 Å². The molecule has 1 saturated heterocycles. The number of carbonyl (C=O) groups excluding carboxylic acids is 1. The van der Waals surface area contributed by atoms with Crippen LogP contribution in [0.4, 0.5) is 0 Å². The maximum Gasteiger partial charge on any atom is 0.241 e. The number of nitrogens with one attached hydrogen (secondary N) is 1. The summed E-state index contributed by atoms with van der Waals surface area (Å²) in [5.74, 6) is -0.111. The van der Waals surface area contributed by atoms with E-state index in [1.807, 2.05) is 31.2 Å². The minimum absolute atomic E-state index is 0.111. The number of rotatable bonds is 5. The van der Waals surface area contributed by atoms with Gasteiger partial charge in [0.05, 0.1) is 5.25 Å². The minimum Gasteiger partial charge on any atom is -0.337 e. The quantitative estimate of drug-likeness (QED) is 0.888. The molecule has 0 bridgehead atoms. The van der Waals surface area contributed by atoms with Crippen LogP contribution >= 0.6 is 0 Å². The molecule has 1 aromatic carbocycles. The highest BCUT2D eigenvalue weighted by Crippen LogP contribution is 2.28. The van der Waals surface area contributed by atoms with E-state index in [1.54, 1.807) is 4.90 Å². The second-order valence-electron chi connectivity index (χ2n) is 5.95. The molecule has 0 unspecified atom stereocenters. The summed E-state index contributed by atoms with van der Waals surface area (Å²) in [6.07, 6.45) is 1.98. The van der Waals surface area contributed by atoms with E-state index in [2.05, 4.69) is 4.72 Å². The van der Waals surface area contributed by atoms with Gasteiger partial charge in [0.15, 0.2) is 0 Å². The van der Waals surface area contributed by atoms with Crippen molar-refractivity contribution in [2.24, 2.45) is 0 Å². The summed E-state index contributed by atoms with van der Waals surface area (Å²) >= 11 is 0. The Balaban J connectivity index is 1.62. The molecule has 6 heteroatoms. The number of carbonyl (C=O) groups is 1. The summed E-state index contributed by atoms with van der Waals surface area (Å²) in [7, 11) is -3.30. The zero-order valence-corrected chi connectivity index (χ0v) is 12.9. The first-order valence-corrected chi connectivity index (χ1v) is 8.86. The Labute approximate surface area is 125 Å². The monoisotopic (exact) mass is 308 g/mol. The molecule has 2 fully saturated rings. The molecule has 2 aliphatic rings. The molecule has 1 heterocycles. The number of hydrogen-bond acceptors (Lipinski definition) is 3. The van der Waals surface area contributed by atoms with Gasteiger partial charge in [-0.15, -0.1) is 0 Å². The first kappa shape index (κ1) is 14.5. The number of aryl methyl sites for hydroxylation is 1. The van der Waals surface area contributed by atoms with Gasteiger partial charge in [-0.25, -0.2) is 13.1 Å². The maximum atomic E-state index is 12.3. The van der Waals surface area contributed by atoms with Gasteiger partial charge in [-0.2, -0.15) is 0 Å². The van der Waals surface area contributed by atoms with Crippen LogP contribution < -0.4 is 4.72 Å². The van der Waals surface area contributed by atoms with E-state index in [0.29, 0.717) is 32.4 Å². The van der Waals surface area contributed by atoms with Crippen molar-refractivity contribution in [3.05, 3.63) is 35.4 Å². The fourth-order valence-electron chi connectivity index (χ4n) is 2.59. The van der Waals surface area contributed by atoms with Crippen molar-refractivity contribution in [3.63, 3.8) is 0 Å². The van der Waals surface area contributed by atoms with E-state index in [9.17, 15) is 13.2 Å². The largest absolute Gasteiger partial charge is 0.337 e. The predicted octanol–water partition coefficient (Wildman–Crippen LogP) is 1.18. The first-order valence-electron chi connectivity index (χ1n) is 7.31. The van der Waals surface area contributed by atoms with Crippen LogP contribution in [0.5, 0.6) is 0 Å². The van der Waals surface area contributed by atoms with Crippen molar-refractivity contribution in [3.8, 4) is 0 Å². The fourth-order valence-corrected chi connectivity index (χ4v) is 4.16. The van der Waals surface area contributed by atoms with Gasteiger partial charge in [-0.3, -0.25) is 4.79 Å². The van der Waals surface area contributed by atoms with E-state index in [1.165, 1.54) is 5.56 Å². The van der Waals surface area contributed by atoms with Gasteiger partial charge in [0.25, 0.3) is 0 Å². The molecule has 1 aliphatic carbocycles. The predicted molar refractivity (Wildman–Crippen MR) is 80.1 cm³/mol. The van der Waals surface area contributed by atoms with Crippen molar-refractivity contribution in [2.45, 2.75) is 44.0 Å². The second-order valence-corrected chi connectivity index (χ2v) is 7.94. The lowest BCUT2D eigenvalue weighted by Crippen LogP contribution is -2.42. The molecule has 5 nitrogen and oxygen atoms in total. The number of hydrogen-bond donors (Lipinski definition) is 1. The van der Waals surface area contributed by atoms with Gasteiger partial charge in [0.1, 0.15) is 6.04 Å². The summed E-state index contributed by atoms with van der Waals surface area (Å²) in [6.45, 7) is 3.17. The molecule has 0 aromatic heterocycles. The van der Waals surface area contributed by atoms with Gasteiger partial charge >= 0.3 is 0 Å². The lowest BCUT2D eigenvalue weighted by Gasteiger charge is -2.17. The molecule has 1 atom stereocenters. The molecule has 114 valence electrons. The Hall–Kier alpha value is -1.40. The standard InChI is InChI=1S/C15H20N2O3S/c1-11-2-4-12(5-3-11)10-17-9-8-14(15(17)18)16-21(19,20)13-6-7-13/h2-5,13-14,16H,6-10H2,1H3/t14-/m0/s1. The van der Waals surface area contributed by atoms with Gasteiger partial charge in [0.2, 0.25) is 15.9 Å². The number of nitrogens with zero attached hydrogens (tertiary/aromatic N) is 1. The van der Waals surface area contributed by atoms with Crippen LogP contribution in [0.3, 0.4) is 0 Å². The lowest BCUT2D eigenvalue weighted by molar-refractivity contribution is -0.129. The molecule has 21 heavy (non-hydrogen) atoms. The summed E-state index contributed by atoms with van der Waals surface area (Å²) in [6, 6.07) is 7.46. The van der Waals surface area contributed by atoms with Crippen LogP contribution in [0.25, 0.3) is 0 Å². The Kier molecular flexibility index (Phi) is 3.75. The molecule has 1 aromatic rings. The average molecular weight is 308 g/mol. The Morgan fingerprint density at radius 3 is 2.48 bits per heavy atom. The summed E-state index contributed by atoms with van der Waals surface area (Å²) in [5, 5.41) is -0.281. The summed E-state index contributed by atoms with van der Waals surface area (Å²) < 4.78 is 26.4. The van der Waals surface area contributed by atoms with E-state index < -0.39 is 16.1 Å². The van der Waals surface area contributed by atoms with Gasteiger partial charge in [0, 0.05) is 13.1 Å². The number of sulfonamides is 1. The van der Waals surface area contributed by atoms with E-state index >= 15 is 0 Å². The van der Waals surface area contributed by atoms with Crippen LogP contribution in [-0.4, -0.2) is 37.1 Å². The lowest BCUT2D eigenvalue weighted by atomic mass is 10.1. The molecule has 3 rings (SSSR count). The number of amides is 1. The third-order valence-corrected chi connectivity index (χ3v) is 6.02. The molecule has 0 radical (unpaired) electrons. The molecule has 0 spiro atoms. The van der Waals surface area contributed by atoms with E-state index in [4.69, 9.17) is 0 Å². The van der Waals surface area contributed by atoms with Crippen molar-refractivity contribution >= 4 is 15.9 Å². The molecule has 1 amide bonds.